The molecule has 10 heavy (non-hydrogen) atoms. The van der Waals surface area contributed by atoms with Crippen LogP contribution < -0.4 is 5.30 Å². The van der Waals surface area contributed by atoms with Gasteiger partial charge >= 0.3 is 0 Å². The van der Waals surface area contributed by atoms with E-state index in [-0.39, 0.29) is 0 Å². The van der Waals surface area contributed by atoms with Crippen LogP contribution in [0.1, 0.15) is 0 Å². The lowest BCUT2D eigenvalue weighted by Gasteiger charge is -2.09. The molecule has 0 aliphatic heterocycles. The van der Waals surface area contributed by atoms with Gasteiger partial charge in [0.15, 0.2) is 0 Å². The third-order valence-corrected chi connectivity index (χ3v) is 3.32. The van der Waals surface area contributed by atoms with Crippen LogP contribution in [-0.4, -0.2) is 20.0 Å². The van der Waals surface area contributed by atoms with Gasteiger partial charge in [0.2, 0.25) is 0 Å². The van der Waals surface area contributed by atoms with E-state index in [0.717, 1.165) is 0 Å². The minimum absolute atomic E-state index is 0.788. The lowest BCUT2D eigenvalue weighted by Crippen LogP contribution is -2.06. The van der Waals surface area contributed by atoms with Crippen LogP contribution in [0.15, 0.2) is 24.3 Å². The van der Waals surface area contributed by atoms with Gasteiger partial charge in [-0.05, 0) is 18.2 Å². The summed E-state index contributed by atoms with van der Waals surface area (Å²) in [5.41, 5.74) is 0. The number of hydrogen-bond acceptors (Lipinski definition) is 0. The van der Waals surface area contributed by atoms with Gasteiger partial charge in [-0.15, -0.1) is 0 Å². The molecule has 0 atom stereocenters. The largest absolute Gasteiger partial charge is 0.0931 e. The first-order valence-corrected chi connectivity index (χ1v) is 6.52. The SMILES string of the molecule is C[P+](C)(C)c1cc[c]cc1. The van der Waals surface area contributed by atoms with Gasteiger partial charge < -0.3 is 0 Å². The minimum Gasteiger partial charge on any atom is -0.0505 e. The summed E-state index contributed by atoms with van der Waals surface area (Å²) in [7, 11) is -0.788. The second-order valence-electron chi connectivity index (χ2n) is 3.27. The van der Waals surface area contributed by atoms with Gasteiger partial charge in [0.1, 0.15) is 0 Å². The maximum atomic E-state index is 3.02. The molecule has 1 heteroatoms. The Bertz CT molecular complexity index is 196. The molecule has 0 heterocycles. The van der Waals surface area contributed by atoms with E-state index in [1.807, 2.05) is 12.1 Å². The van der Waals surface area contributed by atoms with E-state index < -0.39 is 7.26 Å². The molecule has 0 nitrogen and oxygen atoms in total. The molecule has 0 amide bonds. The third kappa shape index (κ3) is 1.82. The van der Waals surface area contributed by atoms with Crippen molar-refractivity contribution in [2.24, 2.45) is 0 Å². The van der Waals surface area contributed by atoms with Crippen molar-refractivity contribution in [2.75, 3.05) is 20.0 Å². The first-order valence-electron chi connectivity index (χ1n) is 3.39. The Balaban J connectivity index is 2.97. The predicted molar refractivity (Wildman–Crippen MR) is 49.6 cm³/mol. The van der Waals surface area contributed by atoms with Gasteiger partial charge in [-0.1, -0.05) is 12.1 Å². The zero-order valence-corrected chi connectivity index (χ0v) is 7.65. The second kappa shape index (κ2) is 2.72. The Morgan fingerprint density at radius 3 is 1.90 bits per heavy atom. The Morgan fingerprint density at radius 2 is 1.60 bits per heavy atom. The fourth-order valence-electron chi connectivity index (χ4n) is 0.825. The molecule has 53 valence electrons. The van der Waals surface area contributed by atoms with Crippen LogP contribution in [0.25, 0.3) is 0 Å². The van der Waals surface area contributed by atoms with Crippen LogP contribution >= 0.6 is 7.26 Å². The Hall–Kier alpha value is -0.350. The van der Waals surface area contributed by atoms with Crippen molar-refractivity contribution in [1.82, 2.24) is 0 Å². The first kappa shape index (κ1) is 7.75. The lowest BCUT2D eigenvalue weighted by atomic mass is 10.4. The molecule has 0 fully saturated rings. The highest BCUT2D eigenvalue weighted by molar-refractivity contribution is 7.80. The molecular weight excluding hydrogens is 139 g/mol. The molecular formula is C9H13P+. The Kier molecular flexibility index (Phi) is 2.11. The summed E-state index contributed by atoms with van der Waals surface area (Å²) in [5.74, 6) is 0. The summed E-state index contributed by atoms with van der Waals surface area (Å²) in [5, 5.41) is 1.48. The normalized spacial score (nSPS) is 11.5. The van der Waals surface area contributed by atoms with E-state index in [9.17, 15) is 0 Å². The van der Waals surface area contributed by atoms with Crippen LogP contribution in [0, 0.1) is 6.07 Å². The molecule has 1 rings (SSSR count). The standard InChI is InChI=1S/C9H13P/c1-10(2,3)9-7-5-4-6-8-9/h5-8H,1-3H3/q+1. The zero-order chi connectivity index (χ0) is 7.61. The van der Waals surface area contributed by atoms with Crippen LogP contribution in [0.4, 0.5) is 0 Å². The van der Waals surface area contributed by atoms with Crippen LogP contribution in [0.5, 0.6) is 0 Å². The summed E-state index contributed by atoms with van der Waals surface area (Å²) in [6, 6.07) is 11.3. The fourth-order valence-corrected chi connectivity index (χ4v) is 1.87. The van der Waals surface area contributed by atoms with Crippen molar-refractivity contribution in [3.05, 3.63) is 30.3 Å². The number of rotatable bonds is 1. The maximum Gasteiger partial charge on any atom is 0.0931 e. The molecule has 1 aromatic rings. The molecule has 0 bridgehead atoms. The second-order valence-corrected chi connectivity index (χ2v) is 7.81. The monoisotopic (exact) mass is 152 g/mol. The summed E-state index contributed by atoms with van der Waals surface area (Å²) < 4.78 is 0. The average molecular weight is 152 g/mol. The molecule has 1 radical (unpaired) electrons. The molecule has 0 spiro atoms. The van der Waals surface area contributed by atoms with Gasteiger partial charge in [-0.3, -0.25) is 0 Å². The van der Waals surface area contributed by atoms with Gasteiger partial charge in [0, 0.05) is 7.26 Å². The molecule has 0 unspecified atom stereocenters. The van der Waals surface area contributed by atoms with Gasteiger partial charge in [0.25, 0.3) is 0 Å². The highest BCUT2D eigenvalue weighted by Crippen LogP contribution is 2.44. The quantitative estimate of drug-likeness (QED) is 0.540. The van der Waals surface area contributed by atoms with E-state index in [0.29, 0.717) is 0 Å². The van der Waals surface area contributed by atoms with E-state index in [1.54, 1.807) is 0 Å². The molecule has 1 aromatic carbocycles. The molecule has 0 aliphatic carbocycles. The lowest BCUT2D eigenvalue weighted by molar-refractivity contribution is 1.73. The van der Waals surface area contributed by atoms with Crippen molar-refractivity contribution in [2.45, 2.75) is 0 Å². The van der Waals surface area contributed by atoms with Gasteiger partial charge in [0.05, 0.1) is 25.3 Å². The highest BCUT2D eigenvalue weighted by atomic mass is 31.2. The summed E-state index contributed by atoms with van der Waals surface area (Å²) in [4.78, 5) is 0. The van der Waals surface area contributed by atoms with Crippen LogP contribution in [-0.2, 0) is 0 Å². The third-order valence-electron chi connectivity index (χ3n) is 1.48. The molecule has 0 N–H and O–H groups in total. The number of benzene rings is 1. The fraction of sp³-hybridized carbons (Fsp3) is 0.333. The highest BCUT2D eigenvalue weighted by Gasteiger charge is 2.19. The van der Waals surface area contributed by atoms with E-state index in [1.165, 1.54) is 5.30 Å². The van der Waals surface area contributed by atoms with Gasteiger partial charge in [-0.25, -0.2) is 0 Å². The van der Waals surface area contributed by atoms with Crippen molar-refractivity contribution in [3.8, 4) is 0 Å². The van der Waals surface area contributed by atoms with E-state index in [2.05, 4.69) is 38.2 Å². The summed E-state index contributed by atoms with van der Waals surface area (Å²) in [6.07, 6.45) is 0. The molecule has 0 saturated heterocycles. The van der Waals surface area contributed by atoms with Crippen molar-refractivity contribution in [3.63, 3.8) is 0 Å². The van der Waals surface area contributed by atoms with Gasteiger partial charge in [-0.2, -0.15) is 0 Å². The number of hydrogen-bond donors (Lipinski definition) is 0. The molecule has 0 aliphatic rings. The Labute approximate surface area is 63.6 Å². The van der Waals surface area contributed by atoms with E-state index >= 15 is 0 Å². The topological polar surface area (TPSA) is 0 Å². The Morgan fingerprint density at radius 1 is 1.10 bits per heavy atom. The summed E-state index contributed by atoms with van der Waals surface area (Å²) >= 11 is 0. The van der Waals surface area contributed by atoms with Crippen molar-refractivity contribution < 1.29 is 0 Å². The first-order chi connectivity index (χ1) is 4.61. The molecule has 0 aromatic heterocycles. The average Bonchev–Trinajstić information content (AvgIpc) is 1.88. The predicted octanol–water partition coefficient (Wildman–Crippen LogP) is 2.02. The van der Waals surface area contributed by atoms with Crippen LogP contribution in [0.3, 0.4) is 0 Å². The zero-order valence-electron chi connectivity index (χ0n) is 6.76. The molecule has 0 saturated carbocycles. The van der Waals surface area contributed by atoms with Crippen LogP contribution in [0.2, 0.25) is 0 Å². The maximum absolute atomic E-state index is 3.02. The minimum atomic E-state index is -0.788. The van der Waals surface area contributed by atoms with Crippen molar-refractivity contribution >= 4 is 12.6 Å². The summed E-state index contributed by atoms with van der Waals surface area (Å²) in [6.45, 7) is 6.97. The van der Waals surface area contributed by atoms with Crippen molar-refractivity contribution in [1.29, 1.82) is 0 Å². The van der Waals surface area contributed by atoms with E-state index in [4.69, 9.17) is 0 Å². The smallest absolute Gasteiger partial charge is 0.0505 e.